The zero-order valence-corrected chi connectivity index (χ0v) is 17.4. The van der Waals surface area contributed by atoms with E-state index < -0.39 is 5.92 Å². The van der Waals surface area contributed by atoms with Crippen molar-refractivity contribution in [3.05, 3.63) is 110 Å². The van der Waals surface area contributed by atoms with E-state index in [4.69, 9.17) is 5.73 Å². The molecule has 5 rings (SSSR count). The standard InChI is InChI=1S/C23H16N4OS2/c24-14-17-19(18-12-7-13-29-18)20-22(30-21(17)25)27(16-10-5-2-6-11-16)23(28)26(20)15-8-3-1-4-9-15/h1-13,19H,25H2. The van der Waals surface area contributed by atoms with E-state index in [2.05, 4.69) is 6.07 Å². The summed E-state index contributed by atoms with van der Waals surface area (Å²) in [6.07, 6.45) is 0. The van der Waals surface area contributed by atoms with Gasteiger partial charge in [0.15, 0.2) is 0 Å². The summed E-state index contributed by atoms with van der Waals surface area (Å²) in [6.45, 7) is 0. The van der Waals surface area contributed by atoms with Crippen molar-refractivity contribution in [2.24, 2.45) is 5.73 Å². The van der Waals surface area contributed by atoms with Crippen LogP contribution >= 0.6 is 23.1 Å². The molecular formula is C23H16N4OS2. The molecule has 1 aliphatic rings. The van der Waals surface area contributed by atoms with Crippen molar-refractivity contribution >= 4 is 23.1 Å². The van der Waals surface area contributed by atoms with Gasteiger partial charge in [-0.15, -0.1) is 11.3 Å². The quantitative estimate of drug-likeness (QED) is 0.516. The van der Waals surface area contributed by atoms with Gasteiger partial charge in [0.05, 0.1) is 39.7 Å². The fourth-order valence-electron chi connectivity index (χ4n) is 3.77. The van der Waals surface area contributed by atoms with Crippen LogP contribution < -0.4 is 11.4 Å². The van der Waals surface area contributed by atoms with Crippen LogP contribution in [0.3, 0.4) is 0 Å². The Morgan fingerprint density at radius 3 is 2.10 bits per heavy atom. The molecule has 1 aliphatic heterocycles. The van der Waals surface area contributed by atoms with Crippen LogP contribution in [0.5, 0.6) is 0 Å². The van der Waals surface area contributed by atoms with E-state index in [9.17, 15) is 10.1 Å². The lowest BCUT2D eigenvalue weighted by Crippen LogP contribution is -2.23. The molecule has 1 atom stereocenters. The lowest BCUT2D eigenvalue weighted by atomic mass is 9.94. The Hall–Kier alpha value is -3.47. The third-order valence-corrected chi connectivity index (χ3v) is 7.02. The highest BCUT2D eigenvalue weighted by molar-refractivity contribution is 8.03. The minimum Gasteiger partial charge on any atom is -0.392 e. The maximum atomic E-state index is 13.7. The molecule has 0 spiro atoms. The third kappa shape index (κ3) is 2.81. The van der Waals surface area contributed by atoms with E-state index >= 15 is 0 Å². The molecule has 0 fully saturated rings. The number of hydrogen-bond donors (Lipinski definition) is 1. The van der Waals surface area contributed by atoms with E-state index in [1.165, 1.54) is 11.8 Å². The summed E-state index contributed by atoms with van der Waals surface area (Å²) in [4.78, 5) is 14.7. The van der Waals surface area contributed by atoms with Gasteiger partial charge in [-0.05, 0) is 35.7 Å². The molecule has 0 bridgehead atoms. The Kier molecular flexibility index (Phi) is 4.58. The molecule has 5 nitrogen and oxygen atoms in total. The highest BCUT2D eigenvalue weighted by Crippen LogP contribution is 2.47. The smallest absolute Gasteiger partial charge is 0.338 e. The molecule has 0 amide bonds. The van der Waals surface area contributed by atoms with Gasteiger partial charge >= 0.3 is 5.69 Å². The maximum absolute atomic E-state index is 13.7. The SMILES string of the molecule is N#CC1=C(N)Sc2c(n(-c3ccccc3)c(=O)n2-c2ccccc2)C1c1cccs1. The first-order valence-electron chi connectivity index (χ1n) is 9.30. The topological polar surface area (TPSA) is 76.7 Å². The molecule has 2 aromatic carbocycles. The van der Waals surface area contributed by atoms with Gasteiger partial charge in [-0.1, -0.05) is 54.2 Å². The van der Waals surface area contributed by atoms with Crippen LogP contribution in [-0.4, -0.2) is 9.13 Å². The highest BCUT2D eigenvalue weighted by Gasteiger charge is 2.37. The monoisotopic (exact) mass is 428 g/mol. The Bertz CT molecular complexity index is 1340. The van der Waals surface area contributed by atoms with Gasteiger partial charge in [-0.25, -0.2) is 4.79 Å². The Morgan fingerprint density at radius 1 is 0.900 bits per heavy atom. The van der Waals surface area contributed by atoms with Crippen molar-refractivity contribution < 1.29 is 0 Å². The van der Waals surface area contributed by atoms with Gasteiger partial charge < -0.3 is 5.73 Å². The van der Waals surface area contributed by atoms with E-state index in [-0.39, 0.29) is 5.69 Å². The summed E-state index contributed by atoms with van der Waals surface area (Å²) in [5.41, 5.74) is 8.93. The molecule has 7 heteroatoms. The number of nitrogens with two attached hydrogens (primary N) is 1. The predicted molar refractivity (Wildman–Crippen MR) is 120 cm³/mol. The summed E-state index contributed by atoms with van der Waals surface area (Å²) in [6, 6.07) is 25.3. The number of benzene rings is 2. The number of para-hydroxylation sites is 2. The van der Waals surface area contributed by atoms with Crippen LogP contribution in [0, 0.1) is 11.3 Å². The predicted octanol–water partition coefficient (Wildman–Crippen LogP) is 4.62. The van der Waals surface area contributed by atoms with Gasteiger partial charge in [-0.3, -0.25) is 9.13 Å². The fourth-order valence-corrected chi connectivity index (χ4v) is 5.68. The second kappa shape index (κ2) is 7.41. The molecule has 0 radical (unpaired) electrons. The average molecular weight is 429 g/mol. The molecule has 146 valence electrons. The van der Waals surface area contributed by atoms with Crippen molar-refractivity contribution in [1.29, 1.82) is 5.26 Å². The lowest BCUT2D eigenvalue weighted by molar-refractivity contribution is 0.831. The van der Waals surface area contributed by atoms with Crippen LogP contribution in [0.25, 0.3) is 11.4 Å². The number of hydrogen-bond acceptors (Lipinski definition) is 5. The highest BCUT2D eigenvalue weighted by atomic mass is 32.2. The number of aromatic nitrogens is 2. The van der Waals surface area contributed by atoms with Crippen molar-refractivity contribution in [1.82, 2.24) is 9.13 Å². The summed E-state index contributed by atoms with van der Waals surface area (Å²) >= 11 is 2.83. The first-order chi connectivity index (χ1) is 14.7. The van der Waals surface area contributed by atoms with Crippen LogP contribution in [0.4, 0.5) is 0 Å². The van der Waals surface area contributed by atoms with E-state index in [1.54, 1.807) is 20.5 Å². The lowest BCUT2D eigenvalue weighted by Gasteiger charge is -2.24. The molecule has 1 unspecified atom stereocenters. The zero-order chi connectivity index (χ0) is 20.7. The molecule has 3 heterocycles. The number of nitrogens with zero attached hydrogens (tertiary/aromatic N) is 3. The number of fused-ring (bicyclic) bond motifs is 1. The second-order valence-electron chi connectivity index (χ2n) is 6.76. The fraction of sp³-hybridized carbons (Fsp3) is 0.0435. The summed E-state index contributed by atoms with van der Waals surface area (Å²) in [7, 11) is 0. The summed E-state index contributed by atoms with van der Waals surface area (Å²) in [5, 5.41) is 13.1. The summed E-state index contributed by atoms with van der Waals surface area (Å²) in [5.74, 6) is -0.399. The molecule has 2 aromatic heterocycles. The van der Waals surface area contributed by atoms with Crippen LogP contribution in [0.15, 0.2) is 98.6 Å². The summed E-state index contributed by atoms with van der Waals surface area (Å²) < 4.78 is 3.40. The van der Waals surface area contributed by atoms with Gasteiger partial charge in [0, 0.05) is 4.88 Å². The van der Waals surface area contributed by atoms with Crippen LogP contribution in [-0.2, 0) is 0 Å². The number of rotatable bonds is 3. The van der Waals surface area contributed by atoms with Gasteiger partial charge in [0.25, 0.3) is 0 Å². The number of imidazole rings is 1. The van der Waals surface area contributed by atoms with E-state index in [1.807, 2.05) is 78.2 Å². The second-order valence-corrected chi connectivity index (χ2v) is 8.77. The molecule has 0 saturated carbocycles. The zero-order valence-electron chi connectivity index (χ0n) is 15.7. The normalized spacial score (nSPS) is 15.6. The minimum atomic E-state index is -0.399. The largest absolute Gasteiger partial charge is 0.392 e. The Labute approximate surface area is 181 Å². The van der Waals surface area contributed by atoms with Crippen molar-refractivity contribution in [3.8, 4) is 17.4 Å². The molecule has 0 aliphatic carbocycles. The van der Waals surface area contributed by atoms with Crippen molar-refractivity contribution in [2.45, 2.75) is 10.9 Å². The minimum absolute atomic E-state index is 0.182. The van der Waals surface area contributed by atoms with Crippen molar-refractivity contribution in [2.75, 3.05) is 0 Å². The van der Waals surface area contributed by atoms with E-state index in [0.29, 0.717) is 10.6 Å². The van der Waals surface area contributed by atoms with Crippen LogP contribution in [0.1, 0.15) is 16.5 Å². The van der Waals surface area contributed by atoms with Gasteiger partial charge in [0.2, 0.25) is 0 Å². The van der Waals surface area contributed by atoms with E-state index in [0.717, 1.165) is 27.0 Å². The van der Waals surface area contributed by atoms with Gasteiger partial charge in [0.1, 0.15) is 5.03 Å². The Balaban J connectivity index is 1.90. The maximum Gasteiger partial charge on any atom is 0.338 e. The molecule has 4 aromatic rings. The molecule has 0 saturated heterocycles. The van der Waals surface area contributed by atoms with Gasteiger partial charge in [-0.2, -0.15) is 5.26 Å². The molecule has 30 heavy (non-hydrogen) atoms. The molecular weight excluding hydrogens is 412 g/mol. The first kappa shape index (κ1) is 18.6. The van der Waals surface area contributed by atoms with Crippen LogP contribution in [0.2, 0.25) is 0 Å². The third-order valence-electron chi connectivity index (χ3n) is 5.06. The Morgan fingerprint density at radius 2 is 1.53 bits per heavy atom. The number of thioether (sulfide) groups is 1. The first-order valence-corrected chi connectivity index (χ1v) is 11.0. The molecule has 2 N–H and O–H groups in total. The number of allylic oxidation sites excluding steroid dienone is 1. The average Bonchev–Trinajstić information content (AvgIpc) is 3.40. The number of nitriles is 1. The van der Waals surface area contributed by atoms with Crippen molar-refractivity contribution in [3.63, 3.8) is 0 Å². The number of thiophene rings is 1.